The molecule has 0 saturated carbocycles. The number of nitrogens with zero attached hydrogens (tertiary/aromatic N) is 4. The quantitative estimate of drug-likeness (QED) is 0.537. The van der Waals surface area contributed by atoms with E-state index in [0.29, 0.717) is 12.8 Å². The molecule has 0 atom stereocenters. The van der Waals surface area contributed by atoms with Crippen molar-refractivity contribution in [2.75, 3.05) is 52.4 Å². The molecule has 2 aliphatic heterocycles. The summed E-state index contributed by atoms with van der Waals surface area (Å²) in [6.07, 6.45) is 2.69. The Balaban J connectivity index is 1.06. The third kappa shape index (κ3) is 7.40. The zero-order chi connectivity index (χ0) is 23.6. The third-order valence-electron chi connectivity index (χ3n) is 6.98. The summed E-state index contributed by atoms with van der Waals surface area (Å²) in [5, 5.41) is 0. The average molecular weight is 463 g/mol. The first-order valence-corrected chi connectivity index (χ1v) is 12.8. The molecular weight excluding hydrogens is 424 g/mol. The molecule has 4 rings (SSSR count). The number of piperazine rings is 2. The zero-order valence-corrected chi connectivity index (χ0v) is 20.3. The highest BCUT2D eigenvalue weighted by Gasteiger charge is 2.22. The molecule has 2 fully saturated rings. The molecular formula is C28H38N4O2. The van der Waals surface area contributed by atoms with Crippen LogP contribution >= 0.6 is 0 Å². The minimum atomic E-state index is 0.237. The average Bonchev–Trinajstić information content (AvgIpc) is 2.88. The number of rotatable bonds is 9. The Morgan fingerprint density at radius 1 is 0.529 bits per heavy atom. The van der Waals surface area contributed by atoms with Gasteiger partial charge < -0.3 is 9.80 Å². The van der Waals surface area contributed by atoms with Crippen LogP contribution in [0.4, 0.5) is 0 Å². The van der Waals surface area contributed by atoms with E-state index in [4.69, 9.17) is 0 Å². The van der Waals surface area contributed by atoms with Crippen molar-refractivity contribution in [3.05, 3.63) is 71.8 Å². The number of benzene rings is 2. The summed E-state index contributed by atoms with van der Waals surface area (Å²) < 4.78 is 0. The van der Waals surface area contributed by atoms with E-state index in [0.717, 1.165) is 78.3 Å². The fourth-order valence-corrected chi connectivity index (χ4v) is 4.86. The van der Waals surface area contributed by atoms with Gasteiger partial charge in [-0.3, -0.25) is 19.4 Å². The molecule has 0 bridgehead atoms. The molecule has 0 unspecified atom stereocenters. The highest BCUT2D eigenvalue weighted by Crippen LogP contribution is 2.13. The number of hydrogen-bond acceptors (Lipinski definition) is 4. The van der Waals surface area contributed by atoms with Crippen molar-refractivity contribution in [3.63, 3.8) is 0 Å². The Kier molecular flexibility index (Phi) is 9.11. The van der Waals surface area contributed by atoms with Gasteiger partial charge in [0.05, 0.1) is 0 Å². The van der Waals surface area contributed by atoms with Gasteiger partial charge in [0.15, 0.2) is 0 Å². The summed E-state index contributed by atoms with van der Waals surface area (Å²) in [4.78, 5) is 34.0. The Morgan fingerprint density at radius 2 is 0.882 bits per heavy atom. The minimum Gasteiger partial charge on any atom is -0.340 e. The third-order valence-corrected chi connectivity index (χ3v) is 6.98. The van der Waals surface area contributed by atoms with Crippen LogP contribution in [0.5, 0.6) is 0 Å². The first-order valence-electron chi connectivity index (χ1n) is 12.8. The maximum atomic E-state index is 12.6. The zero-order valence-electron chi connectivity index (χ0n) is 20.3. The summed E-state index contributed by atoms with van der Waals surface area (Å²) in [5.41, 5.74) is 2.65. The lowest BCUT2D eigenvalue weighted by atomic mass is 10.1. The maximum absolute atomic E-state index is 12.6. The van der Waals surface area contributed by atoms with E-state index in [2.05, 4.69) is 58.3 Å². The monoisotopic (exact) mass is 462 g/mol. The smallest absolute Gasteiger partial charge is 0.222 e. The number of unbranched alkanes of at least 4 members (excludes halogenated alkanes) is 1. The molecule has 0 aromatic heterocycles. The standard InChI is InChI=1S/C28H38N4O2/c33-27(31-19-15-29(16-20-31)23-25-9-3-1-4-10-25)13-7-8-14-28(34)32-21-17-30(18-22-32)24-26-11-5-2-6-12-26/h1-6,9-12H,7-8,13-24H2. The molecule has 2 aliphatic rings. The van der Waals surface area contributed by atoms with Crippen molar-refractivity contribution in [1.82, 2.24) is 19.6 Å². The van der Waals surface area contributed by atoms with Gasteiger partial charge in [-0.05, 0) is 24.0 Å². The summed E-state index contributed by atoms with van der Waals surface area (Å²) in [5.74, 6) is 0.475. The van der Waals surface area contributed by atoms with Crippen LogP contribution in [-0.2, 0) is 22.7 Å². The first-order chi connectivity index (χ1) is 16.7. The lowest BCUT2D eigenvalue weighted by Gasteiger charge is -2.35. The number of hydrogen-bond donors (Lipinski definition) is 0. The van der Waals surface area contributed by atoms with Crippen LogP contribution in [-0.4, -0.2) is 83.8 Å². The summed E-state index contributed by atoms with van der Waals surface area (Å²) in [6.45, 7) is 8.82. The largest absolute Gasteiger partial charge is 0.340 e. The SMILES string of the molecule is O=C(CCCCC(=O)N1CCN(Cc2ccccc2)CC1)N1CCN(Cc2ccccc2)CC1. The van der Waals surface area contributed by atoms with Gasteiger partial charge in [-0.15, -0.1) is 0 Å². The number of amides is 2. The molecule has 0 radical (unpaired) electrons. The number of carbonyl (C=O) groups excluding carboxylic acids is 2. The molecule has 2 amide bonds. The van der Waals surface area contributed by atoms with Gasteiger partial charge in [-0.1, -0.05) is 60.7 Å². The van der Waals surface area contributed by atoms with Gasteiger partial charge in [0.2, 0.25) is 11.8 Å². The number of carbonyl (C=O) groups is 2. The van der Waals surface area contributed by atoms with Crippen molar-refractivity contribution >= 4 is 11.8 Å². The van der Waals surface area contributed by atoms with Crippen LogP contribution in [0, 0.1) is 0 Å². The Morgan fingerprint density at radius 3 is 1.24 bits per heavy atom. The van der Waals surface area contributed by atoms with Gasteiger partial charge in [0, 0.05) is 78.3 Å². The molecule has 2 aromatic rings. The Labute approximate surface area is 204 Å². The van der Waals surface area contributed by atoms with Gasteiger partial charge in [0.25, 0.3) is 0 Å². The highest BCUT2D eigenvalue weighted by atomic mass is 16.2. The molecule has 34 heavy (non-hydrogen) atoms. The maximum Gasteiger partial charge on any atom is 0.222 e. The summed E-state index contributed by atoms with van der Waals surface area (Å²) >= 11 is 0. The van der Waals surface area contributed by atoms with Crippen LogP contribution < -0.4 is 0 Å². The van der Waals surface area contributed by atoms with Crippen molar-refractivity contribution in [1.29, 1.82) is 0 Å². The van der Waals surface area contributed by atoms with E-state index in [9.17, 15) is 9.59 Å². The normalized spacial score (nSPS) is 17.6. The van der Waals surface area contributed by atoms with Gasteiger partial charge >= 0.3 is 0 Å². The molecule has 0 spiro atoms. The topological polar surface area (TPSA) is 47.1 Å². The highest BCUT2D eigenvalue weighted by molar-refractivity contribution is 5.77. The lowest BCUT2D eigenvalue weighted by Crippen LogP contribution is -2.48. The molecule has 0 aliphatic carbocycles. The van der Waals surface area contributed by atoms with Gasteiger partial charge in [0.1, 0.15) is 0 Å². The van der Waals surface area contributed by atoms with Crippen LogP contribution in [0.1, 0.15) is 36.8 Å². The van der Waals surface area contributed by atoms with Crippen LogP contribution in [0.2, 0.25) is 0 Å². The second-order valence-corrected chi connectivity index (χ2v) is 9.49. The van der Waals surface area contributed by atoms with Gasteiger partial charge in [-0.25, -0.2) is 0 Å². The van der Waals surface area contributed by atoms with E-state index in [-0.39, 0.29) is 11.8 Å². The van der Waals surface area contributed by atoms with E-state index >= 15 is 0 Å². The van der Waals surface area contributed by atoms with E-state index in [1.54, 1.807) is 0 Å². The Hall–Kier alpha value is -2.70. The Bertz CT molecular complexity index is 814. The lowest BCUT2D eigenvalue weighted by molar-refractivity contribution is -0.135. The molecule has 2 saturated heterocycles. The molecule has 182 valence electrons. The summed E-state index contributed by atoms with van der Waals surface area (Å²) in [6, 6.07) is 21.0. The van der Waals surface area contributed by atoms with E-state index in [1.807, 2.05) is 21.9 Å². The fraction of sp³-hybridized carbons (Fsp3) is 0.500. The van der Waals surface area contributed by atoms with Gasteiger partial charge in [-0.2, -0.15) is 0 Å². The minimum absolute atomic E-state index is 0.237. The predicted molar refractivity (Wildman–Crippen MR) is 135 cm³/mol. The van der Waals surface area contributed by atoms with Crippen LogP contribution in [0.25, 0.3) is 0 Å². The van der Waals surface area contributed by atoms with E-state index < -0.39 is 0 Å². The van der Waals surface area contributed by atoms with Crippen molar-refractivity contribution < 1.29 is 9.59 Å². The molecule has 6 nitrogen and oxygen atoms in total. The van der Waals surface area contributed by atoms with Crippen LogP contribution in [0.15, 0.2) is 60.7 Å². The predicted octanol–water partition coefficient (Wildman–Crippen LogP) is 3.24. The summed E-state index contributed by atoms with van der Waals surface area (Å²) in [7, 11) is 0. The molecule has 0 N–H and O–H groups in total. The molecule has 2 aromatic carbocycles. The van der Waals surface area contributed by atoms with E-state index in [1.165, 1.54) is 11.1 Å². The second-order valence-electron chi connectivity index (χ2n) is 9.49. The fourth-order valence-electron chi connectivity index (χ4n) is 4.86. The molecule has 2 heterocycles. The van der Waals surface area contributed by atoms with Crippen molar-refractivity contribution in [2.45, 2.75) is 38.8 Å². The van der Waals surface area contributed by atoms with Crippen molar-refractivity contribution in [3.8, 4) is 0 Å². The second kappa shape index (κ2) is 12.7. The first kappa shape index (κ1) is 24.4. The van der Waals surface area contributed by atoms with Crippen molar-refractivity contribution in [2.24, 2.45) is 0 Å². The van der Waals surface area contributed by atoms with Crippen LogP contribution in [0.3, 0.4) is 0 Å². The molecule has 6 heteroatoms.